The lowest BCUT2D eigenvalue weighted by atomic mass is 10.2. The van der Waals surface area contributed by atoms with Crippen LogP contribution in [0.1, 0.15) is 35.2 Å². The molecule has 0 aliphatic carbocycles. The van der Waals surface area contributed by atoms with Gasteiger partial charge < -0.3 is 19.8 Å². The molecule has 0 aliphatic heterocycles. The van der Waals surface area contributed by atoms with Crippen LogP contribution in [0.4, 0.5) is 10.3 Å². The normalized spacial score (nSPS) is 10.2. The number of methoxy groups -OCH3 is 1. The number of hydrogen-bond acceptors (Lipinski definition) is 9. The molecule has 1 amide bonds. The van der Waals surface area contributed by atoms with Gasteiger partial charge in [-0.3, -0.25) is 4.79 Å². The van der Waals surface area contributed by atoms with Crippen molar-refractivity contribution in [3.8, 4) is 31.4 Å². The largest absolute Gasteiger partial charge is 0.494 e. The summed E-state index contributed by atoms with van der Waals surface area (Å²) in [5.74, 6) is 0.257. The molecule has 0 saturated heterocycles. The van der Waals surface area contributed by atoms with Gasteiger partial charge in [0.15, 0.2) is 23.0 Å². The molecule has 1 aromatic carbocycles. The molecule has 3 heterocycles. The summed E-state index contributed by atoms with van der Waals surface area (Å²) in [5, 5.41) is 12.3. The Morgan fingerprint density at radius 1 is 1.20 bits per heavy atom. The number of nitrogens with two attached hydrogens (primary N) is 1. The second kappa shape index (κ2) is 12.0. The number of anilines is 1. The Kier molecular flexibility index (Phi) is 9.06. The number of unbranched alkanes of at least 4 members (excludes halogenated alkanes) is 1. The van der Waals surface area contributed by atoms with Crippen LogP contribution >= 0.6 is 0 Å². The number of nitrogens with zero attached hydrogens (tertiary/aromatic N) is 7. The number of carbonyl (C=O) groups is 1. The van der Waals surface area contributed by atoms with Gasteiger partial charge in [0, 0.05) is 38.4 Å². The predicted octanol–water partition coefficient (Wildman–Crippen LogP) is 2.29. The number of halogens is 1. The van der Waals surface area contributed by atoms with E-state index in [4.69, 9.17) is 14.9 Å². The fourth-order valence-corrected chi connectivity index (χ4v) is 3.22. The zero-order valence-corrected chi connectivity index (χ0v) is 19.6. The van der Waals surface area contributed by atoms with Gasteiger partial charge in [-0.2, -0.15) is 4.52 Å². The van der Waals surface area contributed by atoms with Crippen molar-refractivity contribution in [2.45, 2.75) is 26.2 Å². The van der Waals surface area contributed by atoms with Gasteiger partial charge in [-0.15, -0.1) is 41.0 Å². The van der Waals surface area contributed by atoms with E-state index < -0.39 is 5.82 Å². The molecular weight excluding hydrogens is 455 g/mol. The van der Waals surface area contributed by atoms with Crippen molar-refractivity contribution in [3.05, 3.63) is 35.6 Å². The van der Waals surface area contributed by atoms with Gasteiger partial charge in [0.2, 0.25) is 11.8 Å². The first kappa shape index (κ1) is 26.5. The average molecular weight is 481 g/mol. The molecule has 0 aliphatic rings. The maximum Gasteiger partial charge on any atom is 0.311 e. The molecule has 0 spiro atoms. The summed E-state index contributed by atoms with van der Waals surface area (Å²) in [6, 6.07) is 2.79. The highest BCUT2D eigenvalue weighted by molar-refractivity contribution is 5.93. The molecule has 0 saturated carbocycles. The van der Waals surface area contributed by atoms with Gasteiger partial charge in [-0.05, 0) is 18.9 Å². The van der Waals surface area contributed by atoms with Crippen LogP contribution in [0.2, 0.25) is 0 Å². The number of ether oxygens (including phenoxy) is 1. The summed E-state index contributed by atoms with van der Waals surface area (Å²) in [6.07, 6.45) is 18.0. The molecule has 182 valence electrons. The number of rotatable bonds is 7. The second-order valence-corrected chi connectivity index (χ2v) is 7.05. The molecule has 35 heavy (non-hydrogen) atoms. The number of benzene rings is 1. The van der Waals surface area contributed by atoms with Crippen molar-refractivity contribution < 1.29 is 18.3 Å². The highest BCUT2D eigenvalue weighted by Crippen LogP contribution is 2.27. The summed E-state index contributed by atoms with van der Waals surface area (Å²) in [4.78, 5) is 22.5. The quantitative estimate of drug-likeness (QED) is 0.312. The predicted molar refractivity (Wildman–Crippen MR) is 128 cm³/mol. The third-order valence-electron chi connectivity index (χ3n) is 4.81. The van der Waals surface area contributed by atoms with Crippen LogP contribution in [0.3, 0.4) is 0 Å². The number of nitrogen functional groups attached to an aromatic ring is 1. The van der Waals surface area contributed by atoms with Gasteiger partial charge in [-0.1, -0.05) is 0 Å². The molecule has 4 aromatic rings. The van der Waals surface area contributed by atoms with E-state index in [1.54, 1.807) is 14.0 Å². The Labute approximate surface area is 201 Å². The van der Waals surface area contributed by atoms with Crippen molar-refractivity contribution in [2.24, 2.45) is 0 Å². The van der Waals surface area contributed by atoms with Crippen LogP contribution in [0.5, 0.6) is 5.75 Å². The van der Waals surface area contributed by atoms with E-state index in [0.29, 0.717) is 47.7 Å². The first-order valence-corrected chi connectivity index (χ1v) is 10.3. The fourth-order valence-electron chi connectivity index (χ4n) is 3.22. The standard InChI is InChI=1S/C19H21FN8O3.2C2H2/c1-10-24-25-17(31-10)18(29)27(2)7-5-4-6-15-23-16-11-8-12(20)14(30-3)9-13(11)22-19(21)28(16)26-15;2*1-2/h8-9H,4-7H2,1-3H3,(H2,21,22);2*1-2H. The molecule has 0 fully saturated rings. The average Bonchev–Trinajstić information content (AvgIpc) is 3.51. The van der Waals surface area contributed by atoms with Crippen LogP contribution in [-0.4, -0.2) is 61.3 Å². The summed E-state index contributed by atoms with van der Waals surface area (Å²) >= 11 is 0. The Morgan fingerprint density at radius 3 is 2.54 bits per heavy atom. The molecule has 3 aromatic heterocycles. The van der Waals surface area contributed by atoms with Gasteiger partial charge in [0.1, 0.15) is 0 Å². The minimum absolute atomic E-state index is 0.0271. The Morgan fingerprint density at radius 2 is 1.91 bits per heavy atom. The smallest absolute Gasteiger partial charge is 0.311 e. The lowest BCUT2D eigenvalue weighted by Gasteiger charge is -2.14. The van der Waals surface area contributed by atoms with Crippen molar-refractivity contribution >= 4 is 28.4 Å². The first-order chi connectivity index (χ1) is 16.9. The van der Waals surface area contributed by atoms with E-state index in [-0.39, 0.29) is 23.5 Å². The van der Waals surface area contributed by atoms with E-state index in [2.05, 4.69) is 51.0 Å². The number of aromatic nitrogens is 6. The molecule has 0 radical (unpaired) electrons. The highest BCUT2D eigenvalue weighted by atomic mass is 19.1. The third-order valence-corrected chi connectivity index (χ3v) is 4.81. The minimum Gasteiger partial charge on any atom is -0.494 e. The van der Waals surface area contributed by atoms with Crippen molar-refractivity contribution in [3.63, 3.8) is 0 Å². The molecule has 11 nitrogen and oxygen atoms in total. The molecule has 4 rings (SSSR count). The lowest BCUT2D eigenvalue weighted by molar-refractivity contribution is 0.0752. The summed E-state index contributed by atoms with van der Waals surface area (Å²) < 4.78 is 25.7. The first-order valence-electron chi connectivity index (χ1n) is 10.3. The molecular formula is C23H25FN8O3. The highest BCUT2D eigenvalue weighted by Gasteiger charge is 2.18. The third kappa shape index (κ3) is 5.81. The topological polar surface area (TPSA) is 138 Å². The van der Waals surface area contributed by atoms with E-state index in [9.17, 15) is 9.18 Å². The lowest BCUT2D eigenvalue weighted by Crippen LogP contribution is -2.28. The second-order valence-electron chi connectivity index (χ2n) is 7.05. The maximum absolute atomic E-state index is 14.2. The maximum atomic E-state index is 14.2. The fraction of sp³-hybridized carbons (Fsp3) is 0.304. The molecule has 0 atom stereocenters. The van der Waals surface area contributed by atoms with Crippen LogP contribution in [0, 0.1) is 38.4 Å². The molecule has 0 unspecified atom stereocenters. The number of hydrogen-bond donors (Lipinski definition) is 1. The number of fused-ring (bicyclic) bond motifs is 3. The van der Waals surface area contributed by atoms with Gasteiger partial charge >= 0.3 is 11.8 Å². The van der Waals surface area contributed by atoms with Crippen LogP contribution < -0.4 is 10.5 Å². The van der Waals surface area contributed by atoms with Crippen LogP contribution in [0.25, 0.3) is 16.6 Å². The number of carbonyl (C=O) groups excluding carboxylic acids is 1. The number of terminal acetylenes is 2. The monoisotopic (exact) mass is 480 g/mol. The zero-order valence-electron chi connectivity index (χ0n) is 19.6. The van der Waals surface area contributed by atoms with Crippen molar-refractivity contribution in [2.75, 3.05) is 26.4 Å². The van der Waals surface area contributed by atoms with Crippen molar-refractivity contribution in [1.29, 1.82) is 0 Å². The molecule has 2 N–H and O–H groups in total. The van der Waals surface area contributed by atoms with E-state index in [1.807, 2.05) is 0 Å². The summed E-state index contributed by atoms with van der Waals surface area (Å²) in [7, 11) is 3.06. The van der Waals surface area contributed by atoms with Crippen LogP contribution in [-0.2, 0) is 6.42 Å². The summed E-state index contributed by atoms with van der Waals surface area (Å²) in [5.41, 5.74) is 6.90. The van der Waals surface area contributed by atoms with Gasteiger partial charge in [0.25, 0.3) is 0 Å². The van der Waals surface area contributed by atoms with E-state index in [0.717, 1.165) is 6.42 Å². The number of aryl methyl sites for hydroxylation is 2. The zero-order chi connectivity index (χ0) is 26.1. The SMILES string of the molecule is C#C.C#C.COc1cc2nc(N)n3nc(CCCCN(C)C(=O)c4nnc(C)o4)nc3c2cc1F. The Balaban J connectivity index is 0.00000103. The van der Waals surface area contributed by atoms with Gasteiger partial charge in [0.05, 0.1) is 12.6 Å². The summed E-state index contributed by atoms with van der Waals surface area (Å²) in [6.45, 7) is 2.13. The Bertz CT molecular complexity index is 1350. The van der Waals surface area contributed by atoms with Crippen LogP contribution in [0.15, 0.2) is 16.5 Å². The van der Waals surface area contributed by atoms with E-state index in [1.165, 1.54) is 28.7 Å². The molecule has 0 bridgehead atoms. The van der Waals surface area contributed by atoms with Crippen molar-refractivity contribution in [1.82, 2.24) is 34.7 Å². The number of amides is 1. The minimum atomic E-state index is -0.517. The van der Waals surface area contributed by atoms with E-state index >= 15 is 0 Å². The molecule has 12 heteroatoms. The van der Waals surface area contributed by atoms with Gasteiger partial charge in [-0.25, -0.2) is 14.4 Å². The Hall–Kier alpha value is -4.71.